The summed E-state index contributed by atoms with van der Waals surface area (Å²) in [4.78, 5) is 14.6. The lowest BCUT2D eigenvalue weighted by molar-refractivity contribution is -0.124. The summed E-state index contributed by atoms with van der Waals surface area (Å²) >= 11 is 0. The van der Waals surface area contributed by atoms with E-state index in [4.69, 9.17) is 0 Å². The average molecular weight is 371 g/mol. The molecule has 0 unspecified atom stereocenters. The lowest BCUT2D eigenvalue weighted by Gasteiger charge is -2.26. The maximum absolute atomic E-state index is 12.2. The van der Waals surface area contributed by atoms with Gasteiger partial charge in [0, 0.05) is 43.4 Å². The van der Waals surface area contributed by atoms with E-state index < -0.39 is 0 Å². The first-order chi connectivity index (χ1) is 13.1. The topological polar surface area (TPSA) is 68.0 Å². The zero-order valence-electron chi connectivity index (χ0n) is 16.4. The van der Waals surface area contributed by atoms with Crippen molar-refractivity contribution in [1.82, 2.24) is 29.8 Å². The van der Waals surface area contributed by atoms with E-state index in [1.54, 1.807) is 0 Å². The predicted octanol–water partition coefficient (Wildman–Crippen LogP) is 2.48. The van der Waals surface area contributed by atoms with Crippen LogP contribution in [0.4, 0.5) is 0 Å². The van der Waals surface area contributed by atoms with Gasteiger partial charge in [-0.3, -0.25) is 19.1 Å². The molecule has 1 N–H and O–H groups in total. The lowest BCUT2D eigenvalue weighted by Crippen LogP contribution is -2.33. The van der Waals surface area contributed by atoms with E-state index in [0.717, 1.165) is 44.7 Å². The monoisotopic (exact) mass is 370 g/mol. The van der Waals surface area contributed by atoms with Gasteiger partial charge in [0.25, 0.3) is 0 Å². The van der Waals surface area contributed by atoms with Crippen molar-refractivity contribution in [3.05, 3.63) is 35.4 Å². The number of carbonyl (C=O) groups excluding carboxylic acids is 1. The van der Waals surface area contributed by atoms with Gasteiger partial charge in [-0.25, -0.2) is 0 Å². The van der Waals surface area contributed by atoms with E-state index in [1.165, 1.54) is 24.1 Å². The highest BCUT2D eigenvalue weighted by atomic mass is 16.1. The summed E-state index contributed by atoms with van der Waals surface area (Å²) in [5, 5.41) is 12.2. The molecular weight excluding hydrogens is 340 g/mol. The van der Waals surface area contributed by atoms with E-state index in [0.29, 0.717) is 12.6 Å². The summed E-state index contributed by atoms with van der Waals surface area (Å²) in [5.74, 6) is 0.409. The molecule has 0 aromatic carbocycles. The number of nitrogens with one attached hydrogen (secondary N) is 1. The van der Waals surface area contributed by atoms with Crippen LogP contribution >= 0.6 is 0 Å². The van der Waals surface area contributed by atoms with E-state index in [1.807, 2.05) is 10.9 Å². The van der Waals surface area contributed by atoms with Crippen molar-refractivity contribution < 1.29 is 4.79 Å². The molecule has 0 atom stereocenters. The molecule has 1 fully saturated rings. The second kappa shape index (κ2) is 7.84. The minimum Gasteiger partial charge on any atom is -0.350 e. The van der Waals surface area contributed by atoms with Gasteiger partial charge in [0.05, 0.1) is 30.7 Å². The molecule has 146 valence electrons. The standard InChI is InChI=1S/C20H30N6O/c1-15(2)26-13-16(10-22-26)12-24-7-8-25-19(14-24)9-18(23-25)11-21-20(27)17-5-3-4-6-17/h9-10,13,15,17H,3-8,11-12,14H2,1-2H3,(H,21,27). The molecule has 1 aliphatic heterocycles. The second-order valence-corrected chi connectivity index (χ2v) is 8.18. The van der Waals surface area contributed by atoms with E-state index >= 15 is 0 Å². The zero-order valence-corrected chi connectivity index (χ0v) is 16.4. The smallest absolute Gasteiger partial charge is 0.223 e. The van der Waals surface area contributed by atoms with Gasteiger partial charge in [-0.1, -0.05) is 12.8 Å². The number of fused-ring (bicyclic) bond motifs is 1. The minimum absolute atomic E-state index is 0.197. The highest BCUT2D eigenvalue weighted by molar-refractivity contribution is 5.78. The normalized spacial score (nSPS) is 18.2. The molecule has 2 aliphatic rings. The predicted molar refractivity (Wildman–Crippen MR) is 103 cm³/mol. The fourth-order valence-electron chi connectivity index (χ4n) is 4.11. The maximum atomic E-state index is 12.2. The Bertz CT molecular complexity index is 786. The number of hydrogen-bond acceptors (Lipinski definition) is 4. The first kappa shape index (κ1) is 18.2. The molecule has 27 heavy (non-hydrogen) atoms. The Hall–Kier alpha value is -2.15. The quantitative estimate of drug-likeness (QED) is 0.848. The number of carbonyl (C=O) groups is 1. The fourth-order valence-corrected chi connectivity index (χ4v) is 4.11. The number of amides is 1. The summed E-state index contributed by atoms with van der Waals surface area (Å²) in [7, 11) is 0. The van der Waals surface area contributed by atoms with Crippen molar-refractivity contribution in [3.8, 4) is 0 Å². The van der Waals surface area contributed by atoms with Crippen molar-refractivity contribution in [2.75, 3.05) is 6.54 Å². The highest BCUT2D eigenvalue weighted by Gasteiger charge is 2.23. The molecule has 7 heteroatoms. The molecular formula is C20H30N6O. The molecule has 3 heterocycles. The van der Waals surface area contributed by atoms with Gasteiger partial charge in [0.2, 0.25) is 5.91 Å². The Morgan fingerprint density at radius 3 is 2.85 bits per heavy atom. The molecule has 1 saturated carbocycles. The van der Waals surface area contributed by atoms with E-state index in [-0.39, 0.29) is 11.8 Å². The van der Waals surface area contributed by atoms with Crippen molar-refractivity contribution in [2.45, 2.75) is 71.8 Å². The van der Waals surface area contributed by atoms with Crippen LogP contribution in [0.2, 0.25) is 0 Å². The third kappa shape index (κ3) is 4.24. The van der Waals surface area contributed by atoms with Gasteiger partial charge >= 0.3 is 0 Å². The first-order valence-corrected chi connectivity index (χ1v) is 10.2. The summed E-state index contributed by atoms with van der Waals surface area (Å²) < 4.78 is 4.10. The van der Waals surface area contributed by atoms with Gasteiger partial charge in [-0.2, -0.15) is 10.2 Å². The maximum Gasteiger partial charge on any atom is 0.223 e. The fraction of sp³-hybridized carbons (Fsp3) is 0.650. The second-order valence-electron chi connectivity index (χ2n) is 8.18. The van der Waals surface area contributed by atoms with Crippen molar-refractivity contribution in [3.63, 3.8) is 0 Å². The number of rotatable bonds is 6. The average Bonchev–Trinajstić information content (AvgIpc) is 3.39. The number of aromatic nitrogens is 4. The Kier molecular flexibility index (Phi) is 5.29. The van der Waals surface area contributed by atoms with Crippen LogP contribution in [0.3, 0.4) is 0 Å². The molecule has 1 amide bonds. The number of nitrogens with zero attached hydrogens (tertiary/aromatic N) is 5. The minimum atomic E-state index is 0.197. The molecule has 0 radical (unpaired) electrons. The van der Waals surface area contributed by atoms with Crippen LogP contribution in [-0.2, 0) is 31.0 Å². The molecule has 4 rings (SSSR count). The molecule has 0 spiro atoms. The van der Waals surface area contributed by atoms with Gasteiger partial charge in [0.15, 0.2) is 0 Å². The van der Waals surface area contributed by atoms with Crippen LogP contribution in [0.25, 0.3) is 0 Å². The van der Waals surface area contributed by atoms with Gasteiger partial charge in [-0.05, 0) is 32.8 Å². The summed E-state index contributed by atoms with van der Waals surface area (Å²) in [6.07, 6.45) is 8.55. The van der Waals surface area contributed by atoms with Crippen LogP contribution < -0.4 is 5.32 Å². The Morgan fingerprint density at radius 2 is 2.11 bits per heavy atom. The molecule has 0 saturated heterocycles. The molecule has 2 aromatic rings. The van der Waals surface area contributed by atoms with Crippen molar-refractivity contribution in [1.29, 1.82) is 0 Å². The largest absolute Gasteiger partial charge is 0.350 e. The summed E-state index contributed by atoms with van der Waals surface area (Å²) in [5.41, 5.74) is 3.44. The van der Waals surface area contributed by atoms with Gasteiger partial charge in [0.1, 0.15) is 0 Å². The van der Waals surface area contributed by atoms with Gasteiger partial charge in [-0.15, -0.1) is 0 Å². The summed E-state index contributed by atoms with van der Waals surface area (Å²) in [6, 6.07) is 2.53. The Labute approximate surface area is 160 Å². The summed E-state index contributed by atoms with van der Waals surface area (Å²) in [6.45, 7) is 8.49. The third-order valence-corrected chi connectivity index (χ3v) is 5.69. The van der Waals surface area contributed by atoms with Crippen LogP contribution in [-0.4, -0.2) is 36.9 Å². The van der Waals surface area contributed by atoms with Crippen LogP contribution in [0.5, 0.6) is 0 Å². The molecule has 0 bridgehead atoms. The van der Waals surface area contributed by atoms with Crippen molar-refractivity contribution >= 4 is 5.91 Å². The van der Waals surface area contributed by atoms with E-state index in [2.05, 4.69) is 51.2 Å². The third-order valence-electron chi connectivity index (χ3n) is 5.69. The lowest BCUT2D eigenvalue weighted by atomic mass is 10.1. The van der Waals surface area contributed by atoms with E-state index in [9.17, 15) is 4.79 Å². The highest BCUT2D eigenvalue weighted by Crippen LogP contribution is 2.24. The molecule has 2 aromatic heterocycles. The molecule has 1 aliphatic carbocycles. The SMILES string of the molecule is CC(C)n1cc(CN2CCn3nc(CNC(=O)C4CCCC4)cc3C2)cn1. The van der Waals surface area contributed by atoms with Gasteiger partial charge < -0.3 is 5.32 Å². The van der Waals surface area contributed by atoms with Crippen LogP contribution in [0.15, 0.2) is 18.5 Å². The van der Waals surface area contributed by atoms with Crippen LogP contribution in [0.1, 0.15) is 62.5 Å². The number of hydrogen-bond donors (Lipinski definition) is 1. The van der Waals surface area contributed by atoms with Crippen LogP contribution in [0, 0.1) is 5.92 Å². The Balaban J connectivity index is 1.32. The Morgan fingerprint density at radius 1 is 1.30 bits per heavy atom. The molecule has 7 nitrogen and oxygen atoms in total. The zero-order chi connectivity index (χ0) is 18.8. The first-order valence-electron chi connectivity index (χ1n) is 10.2. The van der Waals surface area contributed by atoms with Crippen molar-refractivity contribution in [2.24, 2.45) is 5.92 Å².